The van der Waals surface area contributed by atoms with E-state index in [0.29, 0.717) is 0 Å². The van der Waals surface area contributed by atoms with Crippen molar-refractivity contribution >= 4 is 6.09 Å². The second-order valence-corrected chi connectivity index (χ2v) is 4.46. The summed E-state index contributed by atoms with van der Waals surface area (Å²) in [5.41, 5.74) is 1.03. The Hall–Kier alpha value is -1.58. The third kappa shape index (κ3) is 3.44. The molecule has 0 aromatic carbocycles. The molecular weight excluding hydrogens is 216 g/mol. The zero-order valence-corrected chi connectivity index (χ0v) is 10.1. The molecule has 1 N–H and O–H groups in total. The number of hydrogen-bond acceptors (Lipinski definition) is 3. The molecule has 17 heavy (non-hydrogen) atoms. The zero-order valence-electron chi connectivity index (χ0n) is 10.1. The van der Waals surface area contributed by atoms with Gasteiger partial charge in [-0.05, 0) is 50.3 Å². The van der Waals surface area contributed by atoms with E-state index in [9.17, 15) is 4.79 Å². The van der Waals surface area contributed by atoms with E-state index in [1.54, 1.807) is 12.4 Å². The molecular formula is C13H18N2O2. The Morgan fingerprint density at radius 2 is 2.06 bits per heavy atom. The molecule has 0 unspecified atom stereocenters. The van der Waals surface area contributed by atoms with Crippen LogP contribution in [0.2, 0.25) is 0 Å². The fraction of sp³-hybridized carbons (Fsp3) is 0.538. The molecule has 4 nitrogen and oxygen atoms in total. The van der Waals surface area contributed by atoms with Crippen molar-refractivity contribution in [2.45, 2.75) is 44.8 Å². The number of aromatic nitrogens is 1. The number of carbonyl (C=O) groups excluding carboxylic acids is 1. The number of nitrogens with zero attached hydrogens (tertiary/aromatic N) is 1. The normalized spacial score (nSPS) is 17.7. The first-order chi connectivity index (χ1) is 8.25. The van der Waals surface area contributed by atoms with E-state index in [1.165, 1.54) is 0 Å². The molecule has 92 valence electrons. The number of carbonyl (C=O) groups is 1. The number of rotatable bonds is 3. The summed E-state index contributed by atoms with van der Waals surface area (Å²) in [5, 5.41) is 2.83. The molecule has 4 heteroatoms. The van der Waals surface area contributed by atoms with Crippen molar-refractivity contribution in [3.63, 3.8) is 0 Å². The van der Waals surface area contributed by atoms with Crippen LogP contribution in [0, 0.1) is 0 Å². The first kappa shape index (κ1) is 11.9. The summed E-state index contributed by atoms with van der Waals surface area (Å²) in [5.74, 6) is 0. The van der Waals surface area contributed by atoms with Crippen LogP contribution < -0.4 is 5.32 Å². The van der Waals surface area contributed by atoms with Crippen molar-refractivity contribution in [1.82, 2.24) is 10.3 Å². The van der Waals surface area contributed by atoms with Gasteiger partial charge in [-0.25, -0.2) is 4.79 Å². The topological polar surface area (TPSA) is 51.2 Å². The van der Waals surface area contributed by atoms with Crippen LogP contribution >= 0.6 is 0 Å². The number of hydrogen-bond donors (Lipinski definition) is 1. The lowest BCUT2D eigenvalue weighted by molar-refractivity contribution is 0.0984. The van der Waals surface area contributed by atoms with Crippen LogP contribution in [0.5, 0.6) is 0 Å². The van der Waals surface area contributed by atoms with Gasteiger partial charge in [0.2, 0.25) is 0 Å². The summed E-state index contributed by atoms with van der Waals surface area (Å²) in [6, 6.07) is 3.73. The summed E-state index contributed by atoms with van der Waals surface area (Å²) in [4.78, 5) is 15.6. The molecule has 1 fully saturated rings. The maximum atomic E-state index is 11.6. The highest BCUT2D eigenvalue weighted by molar-refractivity contribution is 5.68. The third-order valence-corrected chi connectivity index (χ3v) is 3.12. The Morgan fingerprint density at radius 3 is 2.71 bits per heavy atom. The lowest BCUT2D eigenvalue weighted by Crippen LogP contribution is -2.30. The second kappa shape index (κ2) is 5.66. The first-order valence-electron chi connectivity index (χ1n) is 6.13. The summed E-state index contributed by atoms with van der Waals surface area (Å²) >= 11 is 0. The molecule has 0 bridgehead atoms. The number of nitrogens with one attached hydrogen (secondary N) is 1. The summed E-state index contributed by atoms with van der Waals surface area (Å²) < 4.78 is 5.34. The van der Waals surface area contributed by atoms with E-state index < -0.39 is 0 Å². The minimum absolute atomic E-state index is 0.0492. The minimum atomic E-state index is -0.318. The molecule has 0 saturated heterocycles. The Morgan fingerprint density at radius 1 is 1.41 bits per heavy atom. The average molecular weight is 234 g/mol. The smallest absolute Gasteiger partial charge is 0.407 e. The van der Waals surface area contributed by atoms with Gasteiger partial charge in [0.15, 0.2) is 0 Å². The molecule has 1 amide bonds. The molecule has 1 atom stereocenters. The van der Waals surface area contributed by atoms with E-state index in [-0.39, 0.29) is 18.2 Å². The Bertz CT molecular complexity index is 361. The zero-order chi connectivity index (χ0) is 12.1. The summed E-state index contributed by atoms with van der Waals surface area (Å²) in [6.07, 6.45) is 7.55. The van der Waals surface area contributed by atoms with Crippen LogP contribution in [-0.4, -0.2) is 17.2 Å². The van der Waals surface area contributed by atoms with Gasteiger partial charge in [0.25, 0.3) is 0 Å². The summed E-state index contributed by atoms with van der Waals surface area (Å²) in [6.45, 7) is 1.94. The number of amides is 1. The van der Waals surface area contributed by atoms with E-state index in [4.69, 9.17) is 4.74 Å². The van der Waals surface area contributed by atoms with E-state index in [1.807, 2.05) is 19.1 Å². The highest BCUT2D eigenvalue weighted by atomic mass is 16.6. The highest BCUT2D eigenvalue weighted by Crippen LogP contribution is 2.21. The first-order valence-corrected chi connectivity index (χ1v) is 6.13. The lowest BCUT2D eigenvalue weighted by atomic mass is 10.1. The van der Waals surface area contributed by atoms with Gasteiger partial charge < -0.3 is 10.1 Å². The largest absolute Gasteiger partial charge is 0.446 e. The Balaban J connectivity index is 1.81. The maximum absolute atomic E-state index is 11.6. The third-order valence-electron chi connectivity index (χ3n) is 3.12. The molecule has 1 heterocycles. The van der Waals surface area contributed by atoms with Crippen molar-refractivity contribution in [3.05, 3.63) is 30.1 Å². The van der Waals surface area contributed by atoms with Crippen molar-refractivity contribution < 1.29 is 9.53 Å². The molecule has 0 radical (unpaired) electrons. The Kier molecular flexibility index (Phi) is 3.96. The van der Waals surface area contributed by atoms with Crippen molar-refractivity contribution in [2.75, 3.05) is 0 Å². The molecule has 1 aromatic heterocycles. The fourth-order valence-corrected chi connectivity index (χ4v) is 2.10. The molecule has 1 aliphatic rings. The molecule has 0 spiro atoms. The minimum Gasteiger partial charge on any atom is -0.446 e. The van der Waals surface area contributed by atoms with Gasteiger partial charge in [-0.1, -0.05) is 0 Å². The monoisotopic (exact) mass is 234 g/mol. The predicted octanol–water partition coefficient (Wildman–Crippen LogP) is 2.81. The Labute approximate surface area is 101 Å². The number of alkyl carbamates (subject to hydrolysis) is 1. The van der Waals surface area contributed by atoms with Gasteiger partial charge in [-0.2, -0.15) is 0 Å². The molecule has 1 aromatic rings. The standard InChI is InChI=1S/C13H18N2O2/c1-10(11-6-8-14-9-7-11)15-13(16)17-12-4-2-3-5-12/h6-10,12H,2-5H2,1H3,(H,15,16)/t10-/m1/s1. The van der Waals surface area contributed by atoms with Gasteiger partial charge in [-0.15, -0.1) is 0 Å². The number of pyridine rings is 1. The number of ether oxygens (including phenoxy) is 1. The van der Waals surface area contributed by atoms with Crippen LogP contribution in [0.1, 0.15) is 44.2 Å². The van der Waals surface area contributed by atoms with E-state index >= 15 is 0 Å². The molecule has 1 saturated carbocycles. The van der Waals surface area contributed by atoms with Gasteiger partial charge in [0, 0.05) is 12.4 Å². The van der Waals surface area contributed by atoms with E-state index in [2.05, 4.69) is 10.3 Å². The SMILES string of the molecule is C[C@@H](NC(=O)OC1CCCC1)c1ccncc1. The predicted molar refractivity (Wildman–Crippen MR) is 64.5 cm³/mol. The maximum Gasteiger partial charge on any atom is 0.407 e. The highest BCUT2D eigenvalue weighted by Gasteiger charge is 2.20. The van der Waals surface area contributed by atoms with Crippen molar-refractivity contribution in [1.29, 1.82) is 0 Å². The van der Waals surface area contributed by atoms with Crippen LogP contribution in [0.3, 0.4) is 0 Å². The van der Waals surface area contributed by atoms with Crippen LogP contribution in [0.25, 0.3) is 0 Å². The van der Waals surface area contributed by atoms with Crippen LogP contribution in [-0.2, 0) is 4.74 Å². The quantitative estimate of drug-likeness (QED) is 0.874. The molecule has 1 aliphatic carbocycles. The molecule has 0 aliphatic heterocycles. The van der Waals surface area contributed by atoms with Crippen molar-refractivity contribution in [3.8, 4) is 0 Å². The van der Waals surface area contributed by atoms with Gasteiger partial charge in [-0.3, -0.25) is 4.98 Å². The van der Waals surface area contributed by atoms with Gasteiger partial charge in [0.05, 0.1) is 6.04 Å². The van der Waals surface area contributed by atoms with Gasteiger partial charge in [0.1, 0.15) is 6.10 Å². The van der Waals surface area contributed by atoms with Crippen LogP contribution in [0.4, 0.5) is 4.79 Å². The second-order valence-electron chi connectivity index (χ2n) is 4.46. The van der Waals surface area contributed by atoms with E-state index in [0.717, 1.165) is 31.2 Å². The van der Waals surface area contributed by atoms with Gasteiger partial charge >= 0.3 is 6.09 Å². The average Bonchev–Trinajstić information content (AvgIpc) is 2.82. The summed E-state index contributed by atoms with van der Waals surface area (Å²) in [7, 11) is 0. The molecule has 2 rings (SSSR count). The fourth-order valence-electron chi connectivity index (χ4n) is 2.10. The van der Waals surface area contributed by atoms with Crippen molar-refractivity contribution in [2.24, 2.45) is 0 Å². The lowest BCUT2D eigenvalue weighted by Gasteiger charge is -2.16. The van der Waals surface area contributed by atoms with Crippen LogP contribution in [0.15, 0.2) is 24.5 Å².